The normalized spacial score (nSPS) is 12.8. The van der Waals surface area contributed by atoms with Gasteiger partial charge in [-0.25, -0.2) is 8.78 Å². The minimum atomic E-state index is -0.959. The molecule has 0 radical (unpaired) electrons. The standard InChI is InChI=1S/C21H24F2N2O3/c1-13(16-7-10-18(22)19(23)11-16)25(3)21(27)12-20(24-14(2)26)15-5-8-17(28-4)9-6-15/h5-11,13,20H,12H2,1-4H3,(H,24,26). The van der Waals surface area contributed by atoms with Gasteiger partial charge >= 0.3 is 0 Å². The molecule has 2 aromatic carbocycles. The smallest absolute Gasteiger partial charge is 0.225 e. The zero-order chi connectivity index (χ0) is 20.8. The minimum Gasteiger partial charge on any atom is -0.497 e. The van der Waals surface area contributed by atoms with E-state index in [-0.39, 0.29) is 18.2 Å². The Balaban J connectivity index is 2.16. The number of nitrogens with zero attached hydrogens (tertiary/aromatic N) is 1. The molecule has 0 saturated carbocycles. The summed E-state index contributed by atoms with van der Waals surface area (Å²) in [6.45, 7) is 3.11. The molecule has 0 saturated heterocycles. The van der Waals surface area contributed by atoms with E-state index < -0.39 is 23.7 Å². The van der Waals surface area contributed by atoms with Crippen LogP contribution in [0.5, 0.6) is 5.75 Å². The summed E-state index contributed by atoms with van der Waals surface area (Å²) < 4.78 is 31.8. The number of rotatable bonds is 7. The van der Waals surface area contributed by atoms with Crippen molar-refractivity contribution in [3.8, 4) is 5.75 Å². The summed E-state index contributed by atoms with van der Waals surface area (Å²) in [6, 6.07) is 9.66. The number of halogens is 2. The van der Waals surface area contributed by atoms with Gasteiger partial charge < -0.3 is 15.0 Å². The summed E-state index contributed by atoms with van der Waals surface area (Å²) in [6.07, 6.45) is 0.0242. The van der Waals surface area contributed by atoms with Crippen molar-refractivity contribution in [2.45, 2.75) is 32.4 Å². The number of benzene rings is 2. The highest BCUT2D eigenvalue weighted by Crippen LogP contribution is 2.25. The van der Waals surface area contributed by atoms with Crippen molar-refractivity contribution in [1.29, 1.82) is 0 Å². The van der Waals surface area contributed by atoms with E-state index in [1.165, 1.54) is 17.9 Å². The first-order valence-corrected chi connectivity index (χ1v) is 8.84. The van der Waals surface area contributed by atoms with Crippen LogP contribution in [0.4, 0.5) is 8.78 Å². The van der Waals surface area contributed by atoms with E-state index in [0.29, 0.717) is 11.3 Å². The van der Waals surface area contributed by atoms with E-state index >= 15 is 0 Å². The van der Waals surface area contributed by atoms with Gasteiger partial charge in [-0.1, -0.05) is 18.2 Å². The average molecular weight is 390 g/mol. The van der Waals surface area contributed by atoms with Crippen LogP contribution in [0.25, 0.3) is 0 Å². The fourth-order valence-corrected chi connectivity index (χ4v) is 2.86. The van der Waals surface area contributed by atoms with E-state index in [4.69, 9.17) is 4.74 Å². The van der Waals surface area contributed by atoms with Gasteiger partial charge in [0.05, 0.1) is 25.6 Å². The summed E-state index contributed by atoms with van der Waals surface area (Å²) in [5.41, 5.74) is 1.24. The predicted octanol–water partition coefficient (Wildman–Crippen LogP) is 3.76. The van der Waals surface area contributed by atoms with Gasteiger partial charge in [0.25, 0.3) is 0 Å². The average Bonchev–Trinajstić information content (AvgIpc) is 2.68. The highest BCUT2D eigenvalue weighted by atomic mass is 19.2. The Morgan fingerprint density at radius 1 is 1.07 bits per heavy atom. The van der Waals surface area contributed by atoms with Crippen LogP contribution >= 0.6 is 0 Å². The van der Waals surface area contributed by atoms with Gasteiger partial charge in [0.15, 0.2) is 11.6 Å². The Morgan fingerprint density at radius 2 is 1.68 bits per heavy atom. The second kappa shape index (κ2) is 9.30. The fraction of sp³-hybridized carbons (Fsp3) is 0.333. The molecule has 5 nitrogen and oxygen atoms in total. The molecule has 150 valence electrons. The van der Waals surface area contributed by atoms with Gasteiger partial charge in [-0.05, 0) is 42.3 Å². The molecular formula is C21H24F2N2O3. The lowest BCUT2D eigenvalue weighted by Crippen LogP contribution is -2.35. The first-order chi connectivity index (χ1) is 13.2. The zero-order valence-electron chi connectivity index (χ0n) is 16.3. The van der Waals surface area contributed by atoms with E-state index in [2.05, 4.69) is 5.32 Å². The van der Waals surface area contributed by atoms with Gasteiger partial charge in [0, 0.05) is 14.0 Å². The third kappa shape index (κ3) is 5.28. The van der Waals surface area contributed by atoms with E-state index in [1.807, 2.05) is 0 Å². The molecule has 2 atom stereocenters. The van der Waals surface area contributed by atoms with Crippen molar-refractivity contribution in [1.82, 2.24) is 10.2 Å². The summed E-state index contributed by atoms with van der Waals surface area (Å²) in [4.78, 5) is 25.8. The summed E-state index contributed by atoms with van der Waals surface area (Å²) in [5.74, 6) is -1.73. The summed E-state index contributed by atoms with van der Waals surface area (Å²) in [5, 5.41) is 2.78. The number of carbonyl (C=O) groups excluding carboxylic acids is 2. The Bertz CT molecular complexity index is 840. The van der Waals surface area contributed by atoms with Gasteiger partial charge in [-0.3, -0.25) is 9.59 Å². The molecule has 0 spiro atoms. The molecule has 2 rings (SSSR count). The monoisotopic (exact) mass is 390 g/mol. The molecule has 7 heteroatoms. The van der Waals surface area contributed by atoms with E-state index in [1.54, 1.807) is 45.3 Å². The van der Waals surface area contributed by atoms with Crippen LogP contribution in [0.15, 0.2) is 42.5 Å². The maximum atomic E-state index is 13.5. The van der Waals surface area contributed by atoms with Crippen LogP contribution in [0.1, 0.15) is 43.5 Å². The Hall–Kier alpha value is -2.96. The molecule has 0 aliphatic carbocycles. The Morgan fingerprint density at radius 3 is 2.21 bits per heavy atom. The molecule has 0 aliphatic heterocycles. The number of amides is 2. The lowest BCUT2D eigenvalue weighted by atomic mass is 10.0. The molecule has 2 aromatic rings. The van der Waals surface area contributed by atoms with Gasteiger partial charge in [-0.2, -0.15) is 0 Å². The van der Waals surface area contributed by atoms with E-state index in [9.17, 15) is 18.4 Å². The van der Waals surface area contributed by atoms with Crippen molar-refractivity contribution in [3.05, 3.63) is 65.2 Å². The Labute approximate surface area is 163 Å². The van der Waals surface area contributed by atoms with Crippen molar-refractivity contribution < 1.29 is 23.1 Å². The number of nitrogens with one attached hydrogen (secondary N) is 1. The topological polar surface area (TPSA) is 58.6 Å². The number of ether oxygens (including phenoxy) is 1. The maximum Gasteiger partial charge on any atom is 0.225 e. The molecule has 0 fully saturated rings. The minimum absolute atomic E-state index is 0.0242. The highest BCUT2D eigenvalue weighted by molar-refractivity contribution is 5.79. The van der Waals surface area contributed by atoms with E-state index in [0.717, 1.165) is 17.7 Å². The van der Waals surface area contributed by atoms with Crippen LogP contribution < -0.4 is 10.1 Å². The van der Waals surface area contributed by atoms with Gasteiger partial charge in [0.1, 0.15) is 5.75 Å². The van der Waals surface area contributed by atoms with Crippen LogP contribution in [-0.4, -0.2) is 30.9 Å². The summed E-state index contributed by atoms with van der Waals surface area (Å²) >= 11 is 0. The molecule has 2 unspecified atom stereocenters. The SMILES string of the molecule is COc1ccc(C(CC(=O)N(C)C(C)c2ccc(F)c(F)c2)NC(C)=O)cc1. The van der Waals surface area contributed by atoms with Crippen LogP contribution in [0.2, 0.25) is 0 Å². The third-order valence-corrected chi connectivity index (χ3v) is 4.67. The third-order valence-electron chi connectivity index (χ3n) is 4.67. The molecule has 1 N–H and O–H groups in total. The molecule has 0 aromatic heterocycles. The molecule has 0 aliphatic rings. The van der Waals surface area contributed by atoms with Crippen molar-refractivity contribution in [3.63, 3.8) is 0 Å². The second-order valence-electron chi connectivity index (χ2n) is 6.58. The zero-order valence-corrected chi connectivity index (χ0v) is 16.3. The summed E-state index contributed by atoms with van der Waals surface area (Å²) in [7, 11) is 3.14. The number of methoxy groups -OCH3 is 1. The van der Waals surface area contributed by atoms with Crippen molar-refractivity contribution >= 4 is 11.8 Å². The Kier molecular flexibility index (Phi) is 7.09. The lowest BCUT2D eigenvalue weighted by molar-refractivity contribution is -0.132. The van der Waals surface area contributed by atoms with Crippen LogP contribution in [-0.2, 0) is 9.59 Å². The maximum absolute atomic E-state index is 13.5. The van der Waals surface area contributed by atoms with Gasteiger partial charge in [0.2, 0.25) is 11.8 Å². The van der Waals surface area contributed by atoms with Gasteiger partial charge in [-0.15, -0.1) is 0 Å². The number of hydrogen-bond acceptors (Lipinski definition) is 3. The van der Waals surface area contributed by atoms with Crippen molar-refractivity contribution in [2.75, 3.05) is 14.2 Å². The molecule has 28 heavy (non-hydrogen) atoms. The first-order valence-electron chi connectivity index (χ1n) is 8.84. The molecular weight excluding hydrogens is 366 g/mol. The molecule has 2 amide bonds. The van der Waals surface area contributed by atoms with Crippen molar-refractivity contribution in [2.24, 2.45) is 0 Å². The lowest BCUT2D eigenvalue weighted by Gasteiger charge is -2.28. The first kappa shape index (κ1) is 21.3. The molecule has 0 heterocycles. The second-order valence-corrected chi connectivity index (χ2v) is 6.58. The highest BCUT2D eigenvalue weighted by Gasteiger charge is 2.23. The largest absolute Gasteiger partial charge is 0.497 e. The number of hydrogen-bond donors (Lipinski definition) is 1. The fourth-order valence-electron chi connectivity index (χ4n) is 2.86. The predicted molar refractivity (Wildman–Crippen MR) is 102 cm³/mol. The van der Waals surface area contributed by atoms with Crippen LogP contribution in [0, 0.1) is 11.6 Å². The number of carbonyl (C=O) groups is 2. The molecule has 0 bridgehead atoms. The van der Waals surface area contributed by atoms with Crippen LogP contribution in [0.3, 0.4) is 0 Å². The quantitative estimate of drug-likeness (QED) is 0.783.